The van der Waals surface area contributed by atoms with Crippen molar-refractivity contribution in [3.05, 3.63) is 58.0 Å². The number of carbonyl (C=O) groups excluding carboxylic acids is 2. The molecule has 0 N–H and O–H groups in total. The molecule has 32 heavy (non-hydrogen) atoms. The van der Waals surface area contributed by atoms with E-state index in [0.29, 0.717) is 19.5 Å². The number of hydrogen-bond donors (Lipinski definition) is 0. The zero-order valence-corrected chi connectivity index (χ0v) is 19.9. The van der Waals surface area contributed by atoms with Crippen LogP contribution in [0.25, 0.3) is 0 Å². The lowest BCUT2D eigenvalue weighted by Crippen LogP contribution is -2.43. The molecule has 174 valence electrons. The maximum Gasteiger partial charge on any atom is 0.242 e. The summed E-state index contributed by atoms with van der Waals surface area (Å²) in [6, 6.07) is 10.5. The summed E-state index contributed by atoms with van der Waals surface area (Å²) in [4.78, 5) is 30.9. The maximum absolute atomic E-state index is 13.3. The lowest BCUT2D eigenvalue weighted by molar-refractivity contribution is -0.141. The summed E-state index contributed by atoms with van der Waals surface area (Å²) < 4.78 is 13.3. The molecular formula is C26H35FN2O2S. The van der Waals surface area contributed by atoms with Crippen molar-refractivity contribution in [1.29, 1.82) is 0 Å². The highest BCUT2D eigenvalue weighted by Gasteiger charge is 2.34. The van der Waals surface area contributed by atoms with E-state index in [1.165, 1.54) is 37.8 Å². The van der Waals surface area contributed by atoms with E-state index in [4.69, 9.17) is 0 Å². The van der Waals surface area contributed by atoms with E-state index in [2.05, 4.69) is 6.92 Å². The van der Waals surface area contributed by atoms with E-state index >= 15 is 0 Å². The highest BCUT2D eigenvalue weighted by molar-refractivity contribution is 7.09. The summed E-state index contributed by atoms with van der Waals surface area (Å²) in [5.74, 6) is -0.231. The number of unbranched alkanes of at least 4 members (excludes halogenated alkanes) is 5. The molecule has 1 heterocycles. The molecule has 1 aromatic heterocycles. The Morgan fingerprint density at radius 3 is 2.34 bits per heavy atom. The summed E-state index contributed by atoms with van der Waals surface area (Å²) in [5, 5.41) is 2.00. The maximum atomic E-state index is 13.3. The number of nitrogens with zero attached hydrogens (tertiary/aromatic N) is 2. The van der Waals surface area contributed by atoms with Crippen LogP contribution in [0.2, 0.25) is 0 Å². The minimum absolute atomic E-state index is 0.0501. The van der Waals surface area contributed by atoms with Gasteiger partial charge in [0, 0.05) is 23.9 Å². The number of rotatable bonds is 14. The molecule has 0 unspecified atom stereocenters. The highest BCUT2D eigenvalue weighted by atomic mass is 32.1. The highest BCUT2D eigenvalue weighted by Crippen LogP contribution is 2.28. The average Bonchev–Trinajstić information content (AvgIpc) is 3.50. The van der Waals surface area contributed by atoms with Gasteiger partial charge in [-0.25, -0.2) is 4.39 Å². The Balaban J connectivity index is 1.59. The van der Waals surface area contributed by atoms with Crippen LogP contribution in [-0.2, 0) is 22.7 Å². The predicted molar refractivity (Wildman–Crippen MR) is 128 cm³/mol. The van der Waals surface area contributed by atoms with Gasteiger partial charge in [-0.2, -0.15) is 0 Å². The van der Waals surface area contributed by atoms with Crippen LogP contribution in [0.3, 0.4) is 0 Å². The van der Waals surface area contributed by atoms with Crippen molar-refractivity contribution in [3.8, 4) is 0 Å². The zero-order valence-electron chi connectivity index (χ0n) is 19.1. The fourth-order valence-electron chi connectivity index (χ4n) is 3.89. The molecule has 6 heteroatoms. The van der Waals surface area contributed by atoms with E-state index in [1.807, 2.05) is 17.5 Å². The molecule has 4 nitrogen and oxygen atoms in total. The first-order valence-corrected chi connectivity index (χ1v) is 12.8. The van der Waals surface area contributed by atoms with Crippen molar-refractivity contribution in [3.63, 3.8) is 0 Å². The Kier molecular flexibility index (Phi) is 9.72. The normalized spacial score (nSPS) is 13.2. The molecule has 3 rings (SSSR count). The van der Waals surface area contributed by atoms with Gasteiger partial charge in [-0.3, -0.25) is 9.59 Å². The van der Waals surface area contributed by atoms with Crippen LogP contribution in [0.4, 0.5) is 4.39 Å². The number of halogens is 1. The molecule has 2 amide bonds. The van der Waals surface area contributed by atoms with Crippen molar-refractivity contribution in [2.45, 2.75) is 83.8 Å². The minimum atomic E-state index is -0.287. The zero-order chi connectivity index (χ0) is 22.8. The molecule has 1 saturated carbocycles. The molecular weight excluding hydrogens is 423 g/mol. The van der Waals surface area contributed by atoms with Gasteiger partial charge in [0.05, 0.1) is 6.54 Å². The summed E-state index contributed by atoms with van der Waals surface area (Å²) in [6.45, 7) is 3.23. The predicted octanol–water partition coefficient (Wildman–Crippen LogP) is 6.16. The Morgan fingerprint density at radius 1 is 0.969 bits per heavy atom. The lowest BCUT2D eigenvalue weighted by atomic mass is 10.1. The van der Waals surface area contributed by atoms with Crippen molar-refractivity contribution in [1.82, 2.24) is 9.80 Å². The summed E-state index contributed by atoms with van der Waals surface area (Å²) in [7, 11) is 0. The van der Waals surface area contributed by atoms with Crippen molar-refractivity contribution < 1.29 is 14.0 Å². The molecule has 0 atom stereocenters. The van der Waals surface area contributed by atoms with E-state index in [1.54, 1.807) is 33.3 Å². The quantitative estimate of drug-likeness (QED) is 0.318. The average molecular weight is 459 g/mol. The third kappa shape index (κ3) is 8.05. The van der Waals surface area contributed by atoms with Gasteiger partial charge >= 0.3 is 0 Å². The lowest BCUT2D eigenvalue weighted by Gasteiger charge is -2.28. The summed E-state index contributed by atoms with van der Waals surface area (Å²) in [5.41, 5.74) is 0.882. The van der Waals surface area contributed by atoms with Crippen molar-refractivity contribution in [2.75, 3.05) is 6.54 Å². The smallest absolute Gasteiger partial charge is 0.242 e. The van der Waals surface area contributed by atoms with Gasteiger partial charge in [0.1, 0.15) is 12.4 Å². The first kappa shape index (κ1) is 24.4. The second kappa shape index (κ2) is 12.7. The molecule has 0 saturated heterocycles. The van der Waals surface area contributed by atoms with Crippen LogP contribution < -0.4 is 0 Å². The second-order valence-electron chi connectivity index (χ2n) is 8.73. The monoisotopic (exact) mass is 458 g/mol. The number of benzene rings is 1. The van der Waals surface area contributed by atoms with Gasteiger partial charge < -0.3 is 9.80 Å². The molecule has 0 spiro atoms. The van der Waals surface area contributed by atoms with Gasteiger partial charge in [0.25, 0.3) is 0 Å². The van der Waals surface area contributed by atoms with Gasteiger partial charge in [-0.1, -0.05) is 57.2 Å². The third-order valence-electron chi connectivity index (χ3n) is 5.92. The molecule has 0 bridgehead atoms. The van der Waals surface area contributed by atoms with Crippen molar-refractivity contribution in [2.24, 2.45) is 0 Å². The molecule has 2 aromatic rings. The Hall–Kier alpha value is -2.21. The van der Waals surface area contributed by atoms with Crippen LogP contribution in [0.5, 0.6) is 0 Å². The Bertz CT molecular complexity index is 834. The Labute approximate surface area is 195 Å². The van der Waals surface area contributed by atoms with Crippen LogP contribution in [0, 0.1) is 5.82 Å². The van der Waals surface area contributed by atoms with Gasteiger partial charge in [-0.15, -0.1) is 11.3 Å². The number of hydrogen-bond acceptors (Lipinski definition) is 3. The van der Waals surface area contributed by atoms with E-state index in [-0.39, 0.29) is 30.2 Å². The van der Waals surface area contributed by atoms with Crippen molar-refractivity contribution >= 4 is 23.2 Å². The summed E-state index contributed by atoms with van der Waals surface area (Å²) >= 11 is 1.61. The first-order valence-electron chi connectivity index (χ1n) is 11.9. The molecule has 1 fully saturated rings. The van der Waals surface area contributed by atoms with Gasteiger partial charge in [0.2, 0.25) is 11.8 Å². The van der Waals surface area contributed by atoms with E-state index in [9.17, 15) is 14.0 Å². The molecule has 1 aliphatic rings. The van der Waals surface area contributed by atoms with Crippen LogP contribution in [0.15, 0.2) is 41.8 Å². The second-order valence-corrected chi connectivity index (χ2v) is 9.76. The standard InChI is InChI=1S/C26H35FN2O2S/c1-2-3-4-5-6-7-10-25(30)29(23-15-16-23)20-26(31)28(19-24-9-8-17-32-24)18-21-11-13-22(27)14-12-21/h8-9,11-14,17,23H,2-7,10,15-16,18-20H2,1H3. The van der Waals surface area contributed by atoms with E-state index < -0.39 is 0 Å². The molecule has 1 aromatic carbocycles. The SMILES string of the molecule is CCCCCCCCC(=O)N(CC(=O)N(Cc1ccc(F)cc1)Cc1cccs1)C1CC1. The van der Waals surface area contributed by atoms with Gasteiger partial charge in [-0.05, 0) is 48.4 Å². The van der Waals surface area contributed by atoms with Crippen LogP contribution in [0.1, 0.15) is 75.2 Å². The Morgan fingerprint density at radius 2 is 1.69 bits per heavy atom. The summed E-state index contributed by atoms with van der Waals surface area (Å²) in [6.07, 6.45) is 9.35. The van der Waals surface area contributed by atoms with Gasteiger partial charge in [0.15, 0.2) is 0 Å². The van der Waals surface area contributed by atoms with E-state index in [0.717, 1.165) is 36.1 Å². The number of carbonyl (C=O) groups is 2. The fourth-order valence-corrected chi connectivity index (χ4v) is 4.61. The van der Waals surface area contributed by atoms with Crippen LogP contribution in [-0.4, -0.2) is 34.2 Å². The molecule has 1 aliphatic carbocycles. The minimum Gasteiger partial charge on any atom is -0.332 e. The first-order chi connectivity index (χ1) is 15.6. The number of thiophene rings is 1. The number of amides is 2. The largest absolute Gasteiger partial charge is 0.332 e. The molecule has 0 radical (unpaired) electrons. The molecule has 0 aliphatic heterocycles. The van der Waals surface area contributed by atoms with Crippen LogP contribution >= 0.6 is 11.3 Å². The fraction of sp³-hybridized carbons (Fsp3) is 0.538. The topological polar surface area (TPSA) is 40.6 Å². The third-order valence-corrected chi connectivity index (χ3v) is 6.79.